The number of aromatic nitrogens is 3. The van der Waals surface area contributed by atoms with Crippen LogP contribution in [0.2, 0.25) is 0 Å². The van der Waals surface area contributed by atoms with Gasteiger partial charge >= 0.3 is 30.1 Å². The first-order valence-electron chi connectivity index (χ1n) is 33.4. The smallest absolute Gasteiger partial charge is 0.487 e. The summed E-state index contributed by atoms with van der Waals surface area (Å²) in [6, 6.07) is 2.77. The highest BCUT2D eigenvalue weighted by Crippen LogP contribution is 2.47. The summed E-state index contributed by atoms with van der Waals surface area (Å²) < 4.78 is 123. The number of aliphatic hydroxyl groups is 4. The van der Waals surface area contributed by atoms with Gasteiger partial charge in [-0.1, -0.05) is 0 Å². The van der Waals surface area contributed by atoms with Crippen molar-refractivity contribution >= 4 is 73.6 Å². The molecular weight excluding hydrogens is 1380 g/mol. The third-order valence-corrected chi connectivity index (χ3v) is 18.9. The van der Waals surface area contributed by atoms with Crippen LogP contribution in [0.15, 0.2) is 51.2 Å². The number of hydrogen-bond acceptors (Lipinski definition) is 24. The Balaban J connectivity index is 0.000000159. The molecule has 7 aliphatic rings. The van der Waals surface area contributed by atoms with Crippen LogP contribution in [0.1, 0.15) is 90.2 Å². The lowest BCUT2D eigenvalue weighted by molar-refractivity contribution is -0.192. The number of aliphatic carboxylic acids is 1. The quantitative estimate of drug-likeness (QED) is 0.0667. The molecule has 6 aromatic rings. The van der Waals surface area contributed by atoms with Gasteiger partial charge in [-0.2, -0.15) is 13.2 Å². The molecule has 0 radical (unpaired) electrons. The van der Waals surface area contributed by atoms with E-state index in [1.807, 2.05) is 70.5 Å². The number of aliphatic hydroxyl groups excluding tert-OH is 4. The van der Waals surface area contributed by atoms with Crippen LogP contribution in [0, 0.1) is 17.5 Å². The van der Waals surface area contributed by atoms with Crippen LogP contribution in [0.3, 0.4) is 0 Å². The molecule has 0 aliphatic carbocycles. The number of anilines is 3. The molecule has 4 fully saturated rings. The molecule has 7 atom stereocenters. The van der Waals surface area contributed by atoms with Gasteiger partial charge in [-0.25, -0.2) is 32.3 Å². The van der Waals surface area contributed by atoms with Crippen molar-refractivity contribution in [2.75, 3.05) is 161 Å². The van der Waals surface area contributed by atoms with E-state index < -0.39 is 114 Å². The second-order valence-electron chi connectivity index (χ2n) is 26.9. The molecule has 7 unspecified atom stereocenters. The molecule has 13 rings (SSSR count). The zero-order valence-corrected chi connectivity index (χ0v) is 57.8. The lowest BCUT2D eigenvalue weighted by Gasteiger charge is -2.39. The zero-order chi connectivity index (χ0) is 75.0. The number of hydrogen-bond donors (Lipinski definition) is 6. The van der Waals surface area contributed by atoms with E-state index in [1.165, 1.54) is 18.6 Å². The van der Waals surface area contributed by atoms with E-state index in [1.54, 1.807) is 13.7 Å². The first-order valence-corrected chi connectivity index (χ1v) is 33.4. The van der Waals surface area contributed by atoms with Crippen molar-refractivity contribution in [2.45, 2.75) is 95.5 Å². The van der Waals surface area contributed by atoms with Crippen molar-refractivity contribution in [3.05, 3.63) is 102 Å². The highest BCUT2D eigenvalue weighted by molar-refractivity contribution is 6.00. The molecule has 10 heterocycles. The number of halogens is 6. The van der Waals surface area contributed by atoms with E-state index in [9.17, 15) is 57.3 Å². The van der Waals surface area contributed by atoms with Crippen molar-refractivity contribution in [3.8, 4) is 17.2 Å². The maximum absolute atomic E-state index is 15.6. The van der Waals surface area contributed by atoms with Crippen LogP contribution >= 0.6 is 0 Å². The Morgan fingerprint density at radius 1 is 0.563 bits per heavy atom. The summed E-state index contributed by atoms with van der Waals surface area (Å²) in [5, 5.41) is 53.4. The first-order chi connectivity index (χ1) is 48.6. The Morgan fingerprint density at radius 3 is 1.25 bits per heavy atom. The fourth-order valence-corrected chi connectivity index (χ4v) is 13.1. The molecule has 7 aliphatic heterocycles. The molecule has 6 N–H and O–H groups in total. The second kappa shape index (κ2) is 31.3. The van der Waals surface area contributed by atoms with E-state index >= 15 is 13.2 Å². The third kappa shape index (κ3) is 16.3. The maximum atomic E-state index is 15.6. The summed E-state index contributed by atoms with van der Waals surface area (Å²) in [4.78, 5) is 97.0. The molecule has 0 spiro atoms. The standard InChI is InChI=1S/C24H30FN3O6.2C21H26FN3O6.C2HF3O2/c1-13-18(9-14-12-32-24(2,3)34-14)33-22-19-15(21(29)16(23(30)31)11-28(13)19)10-17(25)20(22)27-7-5-26(4)6-8-27;2*1-12-10-30-20-17-14(7-16(22)18(20)24-5-3-23(2)4-6-24)19(28)15(8-25(12)17)21(29)31-11-13(27)9-26;3-2(4,5)1(6)7/h10-11,13-14,18H,5-9,12H2,1-4H3,(H,30,31);2*7-8,12-13,26-27H,3-6,9-11H2,1-2H3;(H,6,7). The normalized spacial score (nSPS) is 21.5. The molecule has 3 aromatic heterocycles. The highest BCUT2D eigenvalue weighted by Gasteiger charge is 2.42. The minimum atomic E-state index is -5.08. The number of nitrogens with zero attached hydrogens (tertiary/aromatic N) is 9. The predicted molar refractivity (Wildman–Crippen MR) is 360 cm³/mol. The Labute approximate surface area is 584 Å². The predicted octanol–water partition coefficient (Wildman–Crippen LogP) is 3.80. The maximum Gasteiger partial charge on any atom is 0.490 e. The van der Waals surface area contributed by atoms with Gasteiger partial charge in [0.25, 0.3) is 0 Å². The average Bonchev–Trinajstić information content (AvgIpc) is 0.849. The van der Waals surface area contributed by atoms with Crippen LogP contribution in [0.5, 0.6) is 17.2 Å². The van der Waals surface area contributed by atoms with Crippen molar-refractivity contribution in [2.24, 2.45) is 0 Å². The van der Waals surface area contributed by atoms with Gasteiger partial charge in [0.2, 0.25) is 16.3 Å². The number of carboxylic acids is 2. The Morgan fingerprint density at radius 2 is 0.913 bits per heavy atom. The van der Waals surface area contributed by atoms with E-state index in [0.717, 1.165) is 57.5 Å². The Hall–Kier alpha value is -8.81. The Bertz CT molecular complexity index is 4230. The summed E-state index contributed by atoms with van der Waals surface area (Å²) in [5.41, 5.74) is -0.647. The molecule has 29 nitrogen and oxygen atoms in total. The summed E-state index contributed by atoms with van der Waals surface area (Å²) in [6.45, 7) is 16.6. The number of likely N-dealkylation sites (N-methyl/N-ethyl adjacent to an activating group) is 3. The van der Waals surface area contributed by atoms with Crippen LogP contribution in [-0.2, 0) is 23.7 Å². The van der Waals surface area contributed by atoms with Crippen LogP contribution in [-0.4, -0.2) is 265 Å². The molecule has 0 saturated carbocycles. The van der Waals surface area contributed by atoms with E-state index in [2.05, 4.69) is 14.7 Å². The topological polar surface area (TPSA) is 340 Å². The molecule has 562 valence electrons. The molecule has 0 bridgehead atoms. The van der Waals surface area contributed by atoms with Crippen molar-refractivity contribution in [1.29, 1.82) is 0 Å². The number of carbonyl (C=O) groups excluding carboxylic acids is 2. The number of alkyl halides is 3. The summed E-state index contributed by atoms with van der Waals surface area (Å²) in [7, 11) is 6.03. The van der Waals surface area contributed by atoms with Crippen molar-refractivity contribution in [1.82, 2.24) is 28.4 Å². The lowest BCUT2D eigenvalue weighted by Crippen LogP contribution is -2.45. The average molecular weight is 1460 g/mol. The van der Waals surface area contributed by atoms with Crippen LogP contribution < -0.4 is 45.2 Å². The molecule has 103 heavy (non-hydrogen) atoms. The van der Waals surface area contributed by atoms with E-state index in [-0.39, 0.29) is 76.0 Å². The Kier molecular flexibility index (Phi) is 23.3. The summed E-state index contributed by atoms with van der Waals surface area (Å²) in [5.74, 6) is -7.51. The van der Waals surface area contributed by atoms with Gasteiger partial charge in [-0.05, 0) is 74.0 Å². The fraction of sp³-hybridized carbons (Fsp3) is 0.544. The molecule has 35 heteroatoms. The van der Waals surface area contributed by atoms with Gasteiger partial charge in [-0.15, -0.1) is 0 Å². The number of carbonyl (C=O) groups is 4. The van der Waals surface area contributed by atoms with Crippen molar-refractivity contribution < 1.29 is 109 Å². The summed E-state index contributed by atoms with van der Waals surface area (Å²) >= 11 is 0. The SMILES string of the molecule is CC1C(CC2COC(C)(C)O2)Oc2c(N3CCN(C)CC3)c(F)cc3c(=O)c(C(=O)O)cn1c23.CC1COc2c(N3CCN(C)CC3)c(F)cc3c(=O)c(C(=O)OCC(O)CO)cn1c23.CC1COc2c(N3CCN(C)CC3)c(F)cc3c(=O)c(C(=O)OCC(O)CO)cn1c23.O=C(O)C(F)(F)F. The zero-order valence-electron chi connectivity index (χ0n) is 57.8. The number of pyridine rings is 3. The largest absolute Gasteiger partial charge is 0.490 e. The van der Waals surface area contributed by atoms with E-state index in [4.69, 9.17) is 53.3 Å². The minimum absolute atomic E-state index is 0.0113. The number of rotatable bonds is 14. The number of aromatic carboxylic acids is 1. The molecule has 4 saturated heterocycles. The third-order valence-electron chi connectivity index (χ3n) is 18.9. The number of piperazine rings is 3. The van der Waals surface area contributed by atoms with E-state index in [0.29, 0.717) is 97.4 Å². The van der Waals surface area contributed by atoms with Gasteiger partial charge in [-0.3, -0.25) is 14.4 Å². The van der Waals surface area contributed by atoms with Crippen LogP contribution in [0.25, 0.3) is 32.7 Å². The van der Waals surface area contributed by atoms with Gasteiger partial charge in [0.1, 0.15) is 78.5 Å². The molecular formula is C68H83F6N9O20. The number of carboxylic acid groups (broad SMARTS) is 2. The highest BCUT2D eigenvalue weighted by atomic mass is 19.4. The lowest BCUT2D eigenvalue weighted by atomic mass is 9.99. The first kappa shape index (κ1) is 76.8. The fourth-order valence-electron chi connectivity index (χ4n) is 13.1. The molecule has 3 aromatic carbocycles. The van der Waals surface area contributed by atoms with Crippen LogP contribution in [0.4, 0.5) is 43.4 Å². The second-order valence-corrected chi connectivity index (χ2v) is 26.9. The van der Waals surface area contributed by atoms with Gasteiger partial charge in [0, 0.05) is 104 Å². The van der Waals surface area contributed by atoms with Gasteiger partial charge in [0.15, 0.2) is 40.5 Å². The number of ether oxygens (including phenoxy) is 7. The number of esters is 2. The molecule has 0 amide bonds. The van der Waals surface area contributed by atoms with Crippen molar-refractivity contribution in [3.63, 3.8) is 0 Å². The summed E-state index contributed by atoms with van der Waals surface area (Å²) in [6.07, 6.45) is -3.59. The minimum Gasteiger partial charge on any atom is -0.487 e. The van der Waals surface area contributed by atoms with Gasteiger partial charge < -0.3 is 107 Å². The monoisotopic (exact) mass is 1460 g/mol. The van der Waals surface area contributed by atoms with Gasteiger partial charge in [0.05, 0.1) is 76.8 Å². The number of benzene rings is 3.